The van der Waals surface area contributed by atoms with Crippen molar-refractivity contribution >= 4 is 17.0 Å². The van der Waals surface area contributed by atoms with Crippen LogP contribution in [0, 0.1) is 6.92 Å². The summed E-state index contributed by atoms with van der Waals surface area (Å²) in [5.74, 6) is -0.0818. The van der Waals surface area contributed by atoms with Gasteiger partial charge in [-0.3, -0.25) is 4.79 Å². The second-order valence-corrected chi connectivity index (χ2v) is 7.68. The van der Waals surface area contributed by atoms with Crippen molar-refractivity contribution < 1.29 is 22.5 Å². The van der Waals surface area contributed by atoms with Gasteiger partial charge in [-0.1, -0.05) is 35.5 Å². The Balaban J connectivity index is 1.44. The van der Waals surface area contributed by atoms with Crippen LogP contribution in [-0.4, -0.2) is 34.0 Å². The fraction of sp³-hybridized carbons (Fsp3) is 0.409. The summed E-state index contributed by atoms with van der Waals surface area (Å²) in [5, 5.41) is 3.56. The first kappa shape index (κ1) is 20.4. The highest BCUT2D eigenvalue weighted by Crippen LogP contribution is 2.38. The summed E-state index contributed by atoms with van der Waals surface area (Å²) in [4.78, 5) is 18.6. The standard InChI is InChI=1S/C22H22F3N3O2/c1-14-20-17(22(23,24)25)13-18(26-21(20)30-27-14)16-9-11-28(12-10-16)19(29)8-7-15-5-3-2-4-6-15/h2-6,13,16H,7-12H2,1H3. The largest absolute Gasteiger partial charge is 0.417 e. The predicted octanol–water partition coefficient (Wildman–Crippen LogP) is 4.89. The molecule has 5 nitrogen and oxygen atoms in total. The molecule has 0 spiro atoms. The maximum Gasteiger partial charge on any atom is 0.417 e. The first-order valence-corrected chi connectivity index (χ1v) is 9.98. The molecule has 4 rings (SSSR count). The van der Waals surface area contributed by atoms with Crippen LogP contribution in [0.5, 0.6) is 0 Å². The maximum absolute atomic E-state index is 13.6. The lowest BCUT2D eigenvalue weighted by atomic mass is 9.91. The second kappa shape index (κ2) is 8.08. The zero-order valence-electron chi connectivity index (χ0n) is 16.6. The Bertz CT molecular complexity index is 1040. The van der Waals surface area contributed by atoms with E-state index in [4.69, 9.17) is 4.52 Å². The molecule has 3 heterocycles. The highest BCUT2D eigenvalue weighted by Gasteiger charge is 2.36. The number of pyridine rings is 1. The summed E-state index contributed by atoms with van der Waals surface area (Å²) in [7, 11) is 0. The first-order chi connectivity index (χ1) is 14.3. The monoisotopic (exact) mass is 417 g/mol. The van der Waals surface area contributed by atoms with E-state index in [1.165, 1.54) is 6.92 Å². The van der Waals surface area contributed by atoms with E-state index in [9.17, 15) is 18.0 Å². The maximum atomic E-state index is 13.6. The number of rotatable bonds is 4. The fourth-order valence-corrected chi connectivity index (χ4v) is 4.03. The van der Waals surface area contributed by atoms with Crippen LogP contribution < -0.4 is 0 Å². The van der Waals surface area contributed by atoms with Crippen LogP contribution >= 0.6 is 0 Å². The molecule has 1 aliphatic heterocycles. The lowest BCUT2D eigenvalue weighted by Crippen LogP contribution is -2.38. The van der Waals surface area contributed by atoms with Gasteiger partial charge in [0.05, 0.1) is 16.6 Å². The molecule has 1 amide bonds. The summed E-state index contributed by atoms with van der Waals surface area (Å²) < 4.78 is 45.7. The Hall–Kier alpha value is -2.90. The molecule has 8 heteroatoms. The number of halogens is 3. The first-order valence-electron chi connectivity index (χ1n) is 9.98. The highest BCUT2D eigenvalue weighted by molar-refractivity contribution is 5.81. The number of alkyl halides is 3. The van der Waals surface area contributed by atoms with Crippen molar-refractivity contribution in [2.75, 3.05) is 13.1 Å². The van der Waals surface area contributed by atoms with Crippen LogP contribution in [0.4, 0.5) is 13.2 Å². The molecule has 0 radical (unpaired) electrons. The van der Waals surface area contributed by atoms with E-state index < -0.39 is 11.7 Å². The number of piperidine rings is 1. The van der Waals surface area contributed by atoms with Gasteiger partial charge in [-0.2, -0.15) is 13.2 Å². The third-order valence-corrected chi connectivity index (χ3v) is 5.68. The van der Waals surface area contributed by atoms with Crippen LogP contribution in [0.2, 0.25) is 0 Å². The molecule has 1 aliphatic rings. The Morgan fingerprint density at radius 1 is 1.20 bits per heavy atom. The second-order valence-electron chi connectivity index (χ2n) is 7.68. The molecular formula is C22H22F3N3O2. The van der Waals surface area contributed by atoms with E-state index in [-0.39, 0.29) is 28.6 Å². The van der Waals surface area contributed by atoms with Crippen molar-refractivity contribution in [3.63, 3.8) is 0 Å². The lowest BCUT2D eigenvalue weighted by molar-refractivity contribution is -0.136. The summed E-state index contributed by atoms with van der Waals surface area (Å²) in [6, 6.07) is 10.9. The topological polar surface area (TPSA) is 59.2 Å². The van der Waals surface area contributed by atoms with Crippen molar-refractivity contribution in [1.82, 2.24) is 15.0 Å². The minimum Gasteiger partial charge on any atom is -0.343 e. The number of nitrogens with zero attached hydrogens (tertiary/aromatic N) is 3. The van der Waals surface area contributed by atoms with Gasteiger partial charge in [0.2, 0.25) is 5.91 Å². The van der Waals surface area contributed by atoms with Gasteiger partial charge in [-0.05, 0) is 37.8 Å². The van der Waals surface area contributed by atoms with Crippen LogP contribution in [-0.2, 0) is 17.4 Å². The SMILES string of the molecule is Cc1noc2nc(C3CCN(C(=O)CCc4ccccc4)CC3)cc(C(F)(F)F)c12. The zero-order valence-corrected chi connectivity index (χ0v) is 16.6. The van der Waals surface area contributed by atoms with Gasteiger partial charge in [0.1, 0.15) is 0 Å². The van der Waals surface area contributed by atoms with Gasteiger partial charge in [-0.25, -0.2) is 4.98 Å². The Kier molecular flexibility index (Phi) is 5.49. The van der Waals surface area contributed by atoms with Gasteiger partial charge in [-0.15, -0.1) is 0 Å². The number of amides is 1. The van der Waals surface area contributed by atoms with E-state index in [1.807, 2.05) is 30.3 Å². The van der Waals surface area contributed by atoms with Crippen LogP contribution in [0.3, 0.4) is 0 Å². The van der Waals surface area contributed by atoms with Crippen molar-refractivity contribution in [2.24, 2.45) is 0 Å². The summed E-state index contributed by atoms with van der Waals surface area (Å²) >= 11 is 0. The van der Waals surface area contributed by atoms with Gasteiger partial charge in [0.25, 0.3) is 5.71 Å². The Labute approximate surface area is 171 Å². The molecule has 0 saturated carbocycles. The summed E-state index contributed by atoms with van der Waals surface area (Å²) in [6.07, 6.45) is -2.27. The van der Waals surface area contributed by atoms with E-state index in [0.717, 1.165) is 11.6 Å². The number of aryl methyl sites for hydroxylation is 2. The molecule has 2 aromatic heterocycles. The van der Waals surface area contributed by atoms with Crippen molar-refractivity contribution in [1.29, 1.82) is 0 Å². The summed E-state index contributed by atoms with van der Waals surface area (Å²) in [6.45, 7) is 2.49. The quantitative estimate of drug-likeness (QED) is 0.607. The Morgan fingerprint density at radius 2 is 1.90 bits per heavy atom. The number of benzene rings is 1. The van der Waals surface area contributed by atoms with E-state index in [1.54, 1.807) is 4.90 Å². The number of likely N-dealkylation sites (tertiary alicyclic amines) is 1. The minimum atomic E-state index is -4.51. The fourth-order valence-electron chi connectivity index (χ4n) is 4.03. The van der Waals surface area contributed by atoms with Crippen molar-refractivity contribution in [3.05, 3.63) is 58.9 Å². The third-order valence-electron chi connectivity index (χ3n) is 5.68. The summed E-state index contributed by atoms with van der Waals surface area (Å²) in [5.41, 5.74) is 0.791. The molecule has 1 aromatic carbocycles. The molecule has 1 saturated heterocycles. The number of hydrogen-bond acceptors (Lipinski definition) is 4. The lowest BCUT2D eigenvalue weighted by Gasteiger charge is -2.32. The molecule has 1 fully saturated rings. The smallest absolute Gasteiger partial charge is 0.343 e. The van der Waals surface area contributed by atoms with Crippen molar-refractivity contribution in [3.8, 4) is 0 Å². The average molecular weight is 417 g/mol. The number of carbonyl (C=O) groups is 1. The normalized spacial score (nSPS) is 15.7. The van der Waals surface area contributed by atoms with E-state index in [0.29, 0.717) is 44.5 Å². The average Bonchev–Trinajstić information content (AvgIpc) is 3.12. The number of aromatic nitrogens is 2. The van der Waals surface area contributed by atoms with E-state index in [2.05, 4.69) is 10.1 Å². The number of hydrogen-bond donors (Lipinski definition) is 0. The van der Waals surface area contributed by atoms with Gasteiger partial charge >= 0.3 is 6.18 Å². The molecule has 158 valence electrons. The van der Waals surface area contributed by atoms with Crippen LogP contribution in [0.1, 0.15) is 47.7 Å². The molecule has 0 bridgehead atoms. The van der Waals surface area contributed by atoms with Crippen LogP contribution in [0.25, 0.3) is 11.1 Å². The Morgan fingerprint density at radius 3 is 2.57 bits per heavy atom. The third kappa shape index (κ3) is 4.17. The van der Waals surface area contributed by atoms with Gasteiger partial charge in [0.15, 0.2) is 0 Å². The molecule has 0 unspecified atom stereocenters. The van der Waals surface area contributed by atoms with E-state index >= 15 is 0 Å². The van der Waals surface area contributed by atoms with Crippen molar-refractivity contribution in [2.45, 2.75) is 44.7 Å². The molecular weight excluding hydrogens is 395 g/mol. The predicted molar refractivity (Wildman–Crippen MR) is 105 cm³/mol. The van der Waals surface area contributed by atoms with Gasteiger partial charge < -0.3 is 9.42 Å². The molecule has 30 heavy (non-hydrogen) atoms. The molecule has 3 aromatic rings. The molecule has 0 aliphatic carbocycles. The van der Waals surface area contributed by atoms with Crippen LogP contribution in [0.15, 0.2) is 40.9 Å². The number of fused-ring (bicyclic) bond motifs is 1. The molecule has 0 N–H and O–H groups in total. The highest BCUT2D eigenvalue weighted by atomic mass is 19.4. The zero-order chi connectivity index (χ0) is 21.3. The number of carbonyl (C=O) groups excluding carboxylic acids is 1. The molecule has 0 atom stereocenters. The van der Waals surface area contributed by atoms with Gasteiger partial charge in [0, 0.05) is 31.1 Å². The minimum absolute atomic E-state index is 0.0718.